The summed E-state index contributed by atoms with van der Waals surface area (Å²) in [6.07, 6.45) is 4.28. The van der Waals surface area contributed by atoms with Crippen LogP contribution in [0.4, 0.5) is 11.5 Å². The smallest absolute Gasteiger partial charge is 0.269 e. The van der Waals surface area contributed by atoms with Gasteiger partial charge in [-0.15, -0.1) is 0 Å². The average Bonchev–Trinajstić information content (AvgIpc) is 3.00. The number of nitro groups is 1. The summed E-state index contributed by atoms with van der Waals surface area (Å²) in [5.41, 5.74) is 1.28. The fourth-order valence-electron chi connectivity index (χ4n) is 2.36. The van der Waals surface area contributed by atoms with Gasteiger partial charge >= 0.3 is 0 Å². The first-order valence-electron chi connectivity index (χ1n) is 7.95. The Hall–Kier alpha value is -3.23. The van der Waals surface area contributed by atoms with Gasteiger partial charge in [0.05, 0.1) is 20.7 Å². The lowest BCUT2D eigenvalue weighted by Gasteiger charge is -2.08. The van der Waals surface area contributed by atoms with Crippen molar-refractivity contribution in [2.24, 2.45) is 0 Å². The van der Waals surface area contributed by atoms with Crippen molar-refractivity contribution in [2.75, 3.05) is 5.32 Å². The van der Waals surface area contributed by atoms with Gasteiger partial charge in [-0.3, -0.25) is 14.9 Å². The molecule has 0 saturated carbocycles. The van der Waals surface area contributed by atoms with E-state index in [1.807, 2.05) is 0 Å². The van der Waals surface area contributed by atoms with E-state index in [1.54, 1.807) is 31.2 Å². The van der Waals surface area contributed by atoms with Crippen LogP contribution in [-0.2, 0) is 4.79 Å². The van der Waals surface area contributed by atoms with E-state index >= 15 is 0 Å². The third-order valence-corrected chi connectivity index (χ3v) is 4.09. The van der Waals surface area contributed by atoms with E-state index in [-0.39, 0.29) is 10.7 Å². The number of hydrogen-bond acceptors (Lipinski definition) is 5. The predicted molar refractivity (Wildman–Crippen MR) is 107 cm³/mol. The summed E-state index contributed by atoms with van der Waals surface area (Å²) in [6, 6.07) is 9.03. The number of carbonyl (C=O) groups excluding carboxylic acids is 1. The molecular formula is C18H13Cl2N5O3. The van der Waals surface area contributed by atoms with Gasteiger partial charge in [-0.05, 0) is 36.8 Å². The SMILES string of the molecule is Cc1cc(NC(=O)/C=C/c2ccc([N+](=O)[O-])cc2)n(-c2ncc(Cl)cc2Cl)n1. The Labute approximate surface area is 169 Å². The number of rotatable bonds is 5. The molecule has 0 radical (unpaired) electrons. The number of benzene rings is 1. The first kappa shape index (κ1) is 19.5. The molecule has 142 valence electrons. The molecule has 8 nitrogen and oxygen atoms in total. The lowest BCUT2D eigenvalue weighted by molar-refractivity contribution is -0.384. The van der Waals surface area contributed by atoms with E-state index in [2.05, 4.69) is 15.4 Å². The largest absolute Gasteiger partial charge is 0.307 e. The second kappa shape index (κ2) is 8.20. The second-order valence-corrected chi connectivity index (χ2v) is 6.56. The van der Waals surface area contributed by atoms with Crippen molar-refractivity contribution in [1.29, 1.82) is 0 Å². The highest BCUT2D eigenvalue weighted by atomic mass is 35.5. The molecule has 3 rings (SSSR count). The molecule has 0 aliphatic rings. The van der Waals surface area contributed by atoms with Gasteiger partial charge in [-0.2, -0.15) is 9.78 Å². The zero-order chi connectivity index (χ0) is 20.3. The molecule has 2 aromatic heterocycles. The zero-order valence-corrected chi connectivity index (χ0v) is 16.0. The number of nitrogens with zero attached hydrogens (tertiary/aromatic N) is 4. The van der Waals surface area contributed by atoms with Gasteiger partial charge in [0.15, 0.2) is 5.82 Å². The highest BCUT2D eigenvalue weighted by Gasteiger charge is 2.14. The van der Waals surface area contributed by atoms with Gasteiger partial charge in [-0.1, -0.05) is 23.2 Å². The molecule has 3 aromatic rings. The van der Waals surface area contributed by atoms with Crippen molar-refractivity contribution in [3.63, 3.8) is 0 Å². The standard InChI is InChI=1S/C18H13Cl2N5O3/c1-11-8-16(24(23-11)18-15(20)9-13(19)10-21-18)22-17(26)7-4-12-2-5-14(6-3-12)25(27)28/h2-10H,1H3,(H,22,26)/b7-4+. The molecule has 0 aliphatic heterocycles. The summed E-state index contributed by atoms with van der Waals surface area (Å²) in [6.45, 7) is 1.77. The van der Waals surface area contributed by atoms with Crippen molar-refractivity contribution in [3.05, 3.63) is 80.1 Å². The highest BCUT2D eigenvalue weighted by Crippen LogP contribution is 2.25. The van der Waals surface area contributed by atoms with E-state index in [0.717, 1.165) is 0 Å². The Morgan fingerprint density at radius 3 is 2.61 bits per heavy atom. The number of aromatic nitrogens is 3. The van der Waals surface area contributed by atoms with E-state index in [0.29, 0.717) is 27.9 Å². The molecule has 1 amide bonds. The summed E-state index contributed by atoms with van der Waals surface area (Å²) >= 11 is 12.0. The number of nitro benzene ring substituents is 1. The van der Waals surface area contributed by atoms with Gasteiger partial charge < -0.3 is 5.32 Å². The quantitative estimate of drug-likeness (QED) is 0.375. The zero-order valence-electron chi connectivity index (χ0n) is 14.5. The summed E-state index contributed by atoms with van der Waals surface area (Å²) < 4.78 is 1.41. The third-order valence-electron chi connectivity index (χ3n) is 3.60. The van der Waals surface area contributed by atoms with E-state index in [1.165, 1.54) is 35.2 Å². The Balaban J connectivity index is 1.78. The molecule has 0 unspecified atom stereocenters. The fraction of sp³-hybridized carbons (Fsp3) is 0.0556. The Bertz CT molecular complexity index is 1080. The molecule has 0 spiro atoms. The maximum absolute atomic E-state index is 12.3. The van der Waals surface area contributed by atoms with Crippen LogP contribution < -0.4 is 5.32 Å². The van der Waals surface area contributed by atoms with Crippen molar-refractivity contribution in [1.82, 2.24) is 14.8 Å². The first-order chi connectivity index (χ1) is 13.3. The third kappa shape index (κ3) is 4.54. The van der Waals surface area contributed by atoms with Gasteiger partial charge in [0, 0.05) is 30.5 Å². The lowest BCUT2D eigenvalue weighted by atomic mass is 10.2. The Morgan fingerprint density at radius 1 is 1.25 bits per heavy atom. The summed E-state index contributed by atoms with van der Waals surface area (Å²) in [7, 11) is 0. The van der Waals surface area contributed by atoms with E-state index < -0.39 is 10.8 Å². The van der Waals surface area contributed by atoms with Crippen molar-refractivity contribution in [2.45, 2.75) is 6.92 Å². The molecule has 2 heterocycles. The van der Waals surface area contributed by atoms with Crippen LogP contribution in [0.25, 0.3) is 11.9 Å². The first-order valence-corrected chi connectivity index (χ1v) is 8.70. The van der Waals surface area contributed by atoms with Crippen molar-refractivity contribution in [3.8, 4) is 5.82 Å². The minimum Gasteiger partial charge on any atom is -0.307 e. The lowest BCUT2D eigenvalue weighted by Crippen LogP contribution is -2.13. The van der Waals surface area contributed by atoms with Gasteiger partial charge in [0.25, 0.3) is 5.69 Å². The van der Waals surface area contributed by atoms with Gasteiger partial charge in [0.2, 0.25) is 5.91 Å². The number of halogens is 2. The second-order valence-electron chi connectivity index (χ2n) is 5.71. The number of nitrogens with one attached hydrogen (secondary N) is 1. The molecule has 10 heteroatoms. The molecule has 0 fully saturated rings. The van der Waals surface area contributed by atoms with Crippen LogP contribution in [0.3, 0.4) is 0 Å². The van der Waals surface area contributed by atoms with Crippen LogP contribution in [0.1, 0.15) is 11.3 Å². The summed E-state index contributed by atoms with van der Waals surface area (Å²) in [5.74, 6) is 0.297. The summed E-state index contributed by atoms with van der Waals surface area (Å²) in [5, 5.41) is 18.3. The minimum atomic E-state index is -0.486. The minimum absolute atomic E-state index is 0.0201. The number of pyridine rings is 1. The maximum atomic E-state index is 12.3. The molecule has 1 aromatic carbocycles. The molecule has 0 bridgehead atoms. The monoisotopic (exact) mass is 417 g/mol. The summed E-state index contributed by atoms with van der Waals surface area (Å²) in [4.78, 5) is 26.6. The van der Waals surface area contributed by atoms with Gasteiger partial charge in [0.1, 0.15) is 5.82 Å². The average molecular weight is 418 g/mol. The highest BCUT2D eigenvalue weighted by molar-refractivity contribution is 6.35. The van der Waals surface area contributed by atoms with Crippen LogP contribution in [0.15, 0.2) is 48.7 Å². The topological polar surface area (TPSA) is 103 Å². The number of amides is 1. The van der Waals surface area contributed by atoms with Crippen LogP contribution >= 0.6 is 23.2 Å². The maximum Gasteiger partial charge on any atom is 0.269 e. The number of carbonyl (C=O) groups is 1. The van der Waals surface area contributed by atoms with Crippen LogP contribution in [0.5, 0.6) is 0 Å². The molecule has 0 aliphatic carbocycles. The van der Waals surface area contributed by atoms with Crippen molar-refractivity contribution < 1.29 is 9.72 Å². The molecule has 0 saturated heterocycles. The predicted octanol–water partition coefficient (Wildman–Crippen LogP) is 4.44. The van der Waals surface area contributed by atoms with E-state index in [4.69, 9.17) is 23.2 Å². The van der Waals surface area contributed by atoms with Crippen LogP contribution in [0, 0.1) is 17.0 Å². The molecule has 1 N–H and O–H groups in total. The van der Waals surface area contributed by atoms with Crippen LogP contribution in [-0.4, -0.2) is 25.6 Å². The number of anilines is 1. The molecular weight excluding hydrogens is 405 g/mol. The number of aryl methyl sites for hydroxylation is 1. The van der Waals surface area contributed by atoms with Crippen LogP contribution in [0.2, 0.25) is 10.0 Å². The fourth-order valence-corrected chi connectivity index (χ4v) is 2.82. The number of hydrogen-bond donors (Lipinski definition) is 1. The molecule has 28 heavy (non-hydrogen) atoms. The van der Waals surface area contributed by atoms with Crippen molar-refractivity contribution >= 4 is 46.7 Å². The van der Waals surface area contributed by atoms with Gasteiger partial charge in [-0.25, -0.2) is 4.98 Å². The normalized spacial score (nSPS) is 11.0. The number of non-ortho nitro benzene ring substituents is 1. The Morgan fingerprint density at radius 2 is 1.96 bits per heavy atom. The molecule has 0 atom stereocenters. The van der Waals surface area contributed by atoms with E-state index in [9.17, 15) is 14.9 Å². The Kier molecular flexibility index (Phi) is 5.72.